The van der Waals surface area contributed by atoms with Crippen LogP contribution in [0.4, 0.5) is 5.69 Å². The highest BCUT2D eigenvalue weighted by Gasteiger charge is 2.28. The van der Waals surface area contributed by atoms with Crippen molar-refractivity contribution >= 4 is 54.4 Å². The van der Waals surface area contributed by atoms with E-state index in [0.29, 0.717) is 23.1 Å². The van der Waals surface area contributed by atoms with Crippen molar-refractivity contribution < 1.29 is 27.6 Å². The minimum Gasteiger partial charge on any atom is -0.478 e. The maximum Gasteiger partial charge on any atom is 0.337 e. The van der Waals surface area contributed by atoms with Gasteiger partial charge in [0.15, 0.2) is 0 Å². The van der Waals surface area contributed by atoms with E-state index < -0.39 is 21.9 Å². The Balaban J connectivity index is 1.70. The molecule has 0 atom stereocenters. The van der Waals surface area contributed by atoms with Crippen LogP contribution < -0.4 is 5.32 Å². The van der Waals surface area contributed by atoms with Gasteiger partial charge in [-0.3, -0.25) is 4.79 Å². The number of fused-ring (bicyclic) bond motifs is 1. The molecular formula is C19H16BrN3O6S. The molecule has 4 rings (SSSR count). The molecule has 2 aromatic carbocycles. The van der Waals surface area contributed by atoms with Crippen molar-refractivity contribution in [2.45, 2.75) is 17.7 Å². The lowest BCUT2D eigenvalue weighted by Crippen LogP contribution is -2.27. The molecule has 156 valence electrons. The summed E-state index contributed by atoms with van der Waals surface area (Å²) in [6, 6.07) is 8.64. The number of carbonyl (C=O) groups excluding carboxylic acids is 1. The Morgan fingerprint density at radius 3 is 2.57 bits per heavy atom. The van der Waals surface area contributed by atoms with E-state index in [9.17, 15) is 23.1 Å². The van der Waals surface area contributed by atoms with Gasteiger partial charge in [0.2, 0.25) is 15.8 Å². The van der Waals surface area contributed by atoms with Crippen LogP contribution in [-0.2, 0) is 10.0 Å². The first-order valence-electron chi connectivity index (χ1n) is 9.01. The molecule has 1 amide bonds. The van der Waals surface area contributed by atoms with Gasteiger partial charge in [-0.1, -0.05) is 21.1 Å². The van der Waals surface area contributed by atoms with Crippen LogP contribution in [0.5, 0.6) is 0 Å². The van der Waals surface area contributed by atoms with Crippen molar-refractivity contribution in [2.75, 3.05) is 18.4 Å². The zero-order valence-corrected chi connectivity index (χ0v) is 17.9. The van der Waals surface area contributed by atoms with Crippen molar-refractivity contribution in [2.24, 2.45) is 0 Å². The summed E-state index contributed by atoms with van der Waals surface area (Å²) < 4.78 is 32.7. The molecule has 2 N–H and O–H groups in total. The molecule has 0 radical (unpaired) electrons. The lowest BCUT2D eigenvalue weighted by Gasteiger charge is -2.15. The molecule has 2 heterocycles. The average molecular weight is 494 g/mol. The fourth-order valence-electron chi connectivity index (χ4n) is 3.30. The molecule has 1 saturated heterocycles. The Labute approximate surface area is 179 Å². The number of halogens is 1. The number of aromatic carboxylic acids is 1. The van der Waals surface area contributed by atoms with Crippen molar-refractivity contribution in [1.29, 1.82) is 0 Å². The second kappa shape index (κ2) is 7.82. The minimum atomic E-state index is -3.68. The molecule has 30 heavy (non-hydrogen) atoms. The number of hydrogen-bond acceptors (Lipinski definition) is 6. The van der Waals surface area contributed by atoms with Gasteiger partial charge in [-0.15, -0.1) is 0 Å². The van der Waals surface area contributed by atoms with Gasteiger partial charge in [0, 0.05) is 17.6 Å². The SMILES string of the molecule is O=C(O)c1cc(Br)ccc1NC(=O)c1onc2ccc(S(=O)(=O)N3CCCC3)cc12. The number of anilines is 1. The van der Waals surface area contributed by atoms with Gasteiger partial charge in [0.1, 0.15) is 5.52 Å². The number of carbonyl (C=O) groups is 2. The predicted octanol–water partition coefficient (Wildman–Crippen LogP) is 3.33. The molecule has 9 nitrogen and oxygen atoms in total. The van der Waals surface area contributed by atoms with Crippen molar-refractivity contribution in [3.05, 3.63) is 52.2 Å². The summed E-state index contributed by atoms with van der Waals surface area (Å²) in [6.07, 6.45) is 1.61. The fourth-order valence-corrected chi connectivity index (χ4v) is 5.21. The molecule has 0 saturated carbocycles. The van der Waals surface area contributed by atoms with Crippen LogP contribution >= 0.6 is 15.9 Å². The topological polar surface area (TPSA) is 130 Å². The maximum absolute atomic E-state index is 12.8. The smallest absolute Gasteiger partial charge is 0.337 e. The summed E-state index contributed by atoms with van der Waals surface area (Å²) in [6.45, 7) is 0.914. The first-order valence-corrected chi connectivity index (χ1v) is 11.2. The highest BCUT2D eigenvalue weighted by molar-refractivity contribution is 9.10. The molecular weight excluding hydrogens is 478 g/mol. The van der Waals surface area contributed by atoms with Crippen molar-refractivity contribution in [1.82, 2.24) is 9.46 Å². The highest BCUT2D eigenvalue weighted by atomic mass is 79.9. The average Bonchev–Trinajstić information content (AvgIpc) is 3.39. The Morgan fingerprint density at radius 1 is 1.13 bits per heavy atom. The third-order valence-electron chi connectivity index (χ3n) is 4.82. The number of benzene rings is 2. The summed E-state index contributed by atoms with van der Waals surface area (Å²) in [5.74, 6) is -2.16. The predicted molar refractivity (Wildman–Crippen MR) is 111 cm³/mol. The van der Waals surface area contributed by atoms with E-state index in [0.717, 1.165) is 12.8 Å². The van der Waals surface area contributed by atoms with Gasteiger partial charge in [-0.25, -0.2) is 13.2 Å². The van der Waals surface area contributed by atoms with Crippen LogP contribution in [0.2, 0.25) is 0 Å². The number of sulfonamides is 1. The molecule has 0 bridgehead atoms. The number of amides is 1. The Bertz CT molecular complexity index is 1260. The minimum absolute atomic E-state index is 0.0454. The summed E-state index contributed by atoms with van der Waals surface area (Å²) in [7, 11) is -3.68. The summed E-state index contributed by atoms with van der Waals surface area (Å²) in [5, 5.41) is 15.9. The van der Waals surface area contributed by atoms with Crippen LogP contribution in [0.3, 0.4) is 0 Å². The molecule has 0 unspecified atom stereocenters. The van der Waals surface area contributed by atoms with Gasteiger partial charge in [-0.05, 0) is 49.2 Å². The quantitative estimate of drug-likeness (QED) is 0.557. The van der Waals surface area contributed by atoms with Crippen molar-refractivity contribution in [3.8, 4) is 0 Å². The highest BCUT2D eigenvalue weighted by Crippen LogP contribution is 2.28. The largest absolute Gasteiger partial charge is 0.478 e. The van der Waals surface area contributed by atoms with Gasteiger partial charge < -0.3 is 14.9 Å². The zero-order valence-electron chi connectivity index (χ0n) is 15.5. The lowest BCUT2D eigenvalue weighted by atomic mass is 10.1. The van der Waals surface area contributed by atoms with Crippen LogP contribution in [0.25, 0.3) is 10.9 Å². The number of nitrogens with one attached hydrogen (secondary N) is 1. The Morgan fingerprint density at radius 2 is 1.87 bits per heavy atom. The molecule has 1 aromatic heterocycles. The first kappa shape index (κ1) is 20.5. The van der Waals surface area contributed by atoms with E-state index in [-0.39, 0.29) is 27.3 Å². The van der Waals surface area contributed by atoms with Crippen LogP contribution in [0.1, 0.15) is 33.8 Å². The number of carboxylic acids is 1. The summed E-state index contributed by atoms with van der Waals surface area (Å²) in [4.78, 5) is 24.3. The third kappa shape index (κ3) is 3.71. The summed E-state index contributed by atoms with van der Waals surface area (Å²) in [5.41, 5.74) is 0.273. The molecule has 1 fully saturated rings. The standard InChI is InChI=1S/C19H16BrN3O6S/c20-11-3-5-15(14(9-11)19(25)26)21-18(24)17-13-10-12(4-6-16(13)22-29-17)30(27,28)23-7-1-2-8-23/h3-6,9-10H,1-2,7-8H2,(H,21,24)(H,25,26). The third-order valence-corrected chi connectivity index (χ3v) is 7.21. The Hall–Kier alpha value is -2.76. The number of rotatable bonds is 5. The molecule has 3 aromatic rings. The summed E-state index contributed by atoms with van der Waals surface area (Å²) >= 11 is 3.19. The number of aromatic nitrogens is 1. The first-order chi connectivity index (χ1) is 14.3. The second-order valence-electron chi connectivity index (χ2n) is 6.75. The van der Waals surface area contributed by atoms with Gasteiger partial charge >= 0.3 is 5.97 Å². The van der Waals surface area contributed by atoms with E-state index in [1.807, 2.05) is 0 Å². The number of nitrogens with zero attached hydrogens (tertiary/aromatic N) is 2. The van der Waals surface area contributed by atoms with Crippen LogP contribution in [0.15, 0.2) is 50.3 Å². The number of carboxylic acid groups (broad SMARTS) is 1. The van der Waals surface area contributed by atoms with Gasteiger partial charge in [-0.2, -0.15) is 4.31 Å². The Kier molecular flexibility index (Phi) is 5.35. The second-order valence-corrected chi connectivity index (χ2v) is 9.60. The molecule has 0 aliphatic carbocycles. The van der Waals surface area contributed by atoms with E-state index >= 15 is 0 Å². The van der Waals surface area contributed by atoms with E-state index in [4.69, 9.17) is 4.52 Å². The van der Waals surface area contributed by atoms with Crippen molar-refractivity contribution in [3.63, 3.8) is 0 Å². The molecule has 11 heteroatoms. The monoisotopic (exact) mass is 493 g/mol. The van der Waals surface area contributed by atoms with E-state index in [1.54, 1.807) is 6.07 Å². The molecule has 1 aliphatic rings. The van der Waals surface area contributed by atoms with E-state index in [1.165, 1.54) is 34.6 Å². The number of hydrogen-bond donors (Lipinski definition) is 2. The fraction of sp³-hybridized carbons (Fsp3) is 0.211. The maximum atomic E-state index is 12.8. The van der Waals surface area contributed by atoms with E-state index in [2.05, 4.69) is 26.4 Å². The van der Waals surface area contributed by atoms with Gasteiger partial charge in [0.05, 0.1) is 21.5 Å². The lowest BCUT2D eigenvalue weighted by molar-refractivity contribution is 0.0698. The van der Waals surface area contributed by atoms with Crippen LogP contribution in [0, 0.1) is 0 Å². The molecule has 0 spiro atoms. The van der Waals surface area contributed by atoms with Gasteiger partial charge in [0.25, 0.3) is 5.91 Å². The molecule has 1 aliphatic heterocycles. The van der Waals surface area contributed by atoms with Crippen LogP contribution in [-0.4, -0.2) is 48.0 Å². The zero-order chi connectivity index (χ0) is 21.5. The normalized spacial score (nSPS) is 14.8.